The van der Waals surface area contributed by atoms with Crippen molar-refractivity contribution in [1.29, 1.82) is 0 Å². The molecule has 4 rings (SSSR count). The van der Waals surface area contributed by atoms with E-state index in [2.05, 4.69) is 29.9 Å². The Balaban J connectivity index is 1.72. The molecule has 0 bridgehead atoms. The molecule has 1 aliphatic heterocycles. The van der Waals surface area contributed by atoms with Gasteiger partial charge in [-0.3, -0.25) is 0 Å². The van der Waals surface area contributed by atoms with Crippen LogP contribution in [0.1, 0.15) is 35.9 Å². The zero-order valence-corrected chi connectivity index (χ0v) is 15.3. The number of likely N-dealkylation sites (tertiary alicyclic amines) is 1. The van der Waals surface area contributed by atoms with Crippen LogP contribution in [-0.4, -0.2) is 46.2 Å². The van der Waals surface area contributed by atoms with Gasteiger partial charge in [-0.2, -0.15) is 0 Å². The van der Waals surface area contributed by atoms with Gasteiger partial charge in [0, 0.05) is 18.7 Å². The molecule has 1 saturated heterocycles. The van der Waals surface area contributed by atoms with E-state index >= 15 is 0 Å². The summed E-state index contributed by atoms with van der Waals surface area (Å²) in [6.45, 7) is 4.12. The van der Waals surface area contributed by atoms with Gasteiger partial charge < -0.3 is 19.7 Å². The number of rotatable bonds is 4. The Bertz CT molecular complexity index is 897. The lowest BCUT2D eigenvalue weighted by atomic mass is 10.0. The SMILES string of the molecule is Cc1cccc2nc(C(OC3CCN(C)CC3)c3ccccc3O)[nH]c12. The molecule has 1 atom stereocenters. The number of benzene rings is 2. The molecule has 1 unspecified atom stereocenters. The first-order chi connectivity index (χ1) is 12.6. The summed E-state index contributed by atoms with van der Waals surface area (Å²) in [5.41, 5.74) is 3.85. The number of aromatic hydroxyl groups is 1. The smallest absolute Gasteiger partial charge is 0.144 e. The normalized spacial score (nSPS) is 17.6. The number of nitrogens with zero attached hydrogens (tertiary/aromatic N) is 2. The zero-order valence-electron chi connectivity index (χ0n) is 15.3. The maximum absolute atomic E-state index is 10.4. The van der Waals surface area contributed by atoms with Gasteiger partial charge in [-0.25, -0.2) is 4.98 Å². The number of phenols is 1. The largest absolute Gasteiger partial charge is 0.508 e. The Labute approximate surface area is 153 Å². The number of hydrogen-bond donors (Lipinski definition) is 2. The van der Waals surface area contributed by atoms with E-state index in [9.17, 15) is 5.11 Å². The highest BCUT2D eigenvalue weighted by Crippen LogP contribution is 2.34. The quantitative estimate of drug-likeness (QED) is 0.751. The minimum atomic E-state index is -0.406. The molecule has 1 aromatic heterocycles. The van der Waals surface area contributed by atoms with Crippen molar-refractivity contribution >= 4 is 11.0 Å². The summed E-state index contributed by atoms with van der Waals surface area (Å²) in [4.78, 5) is 10.5. The van der Waals surface area contributed by atoms with Crippen LogP contribution < -0.4 is 0 Å². The Hall–Kier alpha value is -2.37. The van der Waals surface area contributed by atoms with Crippen molar-refractivity contribution in [3.8, 4) is 5.75 Å². The second kappa shape index (κ2) is 7.09. The van der Waals surface area contributed by atoms with E-state index in [1.54, 1.807) is 6.07 Å². The number of phenolic OH excluding ortho intramolecular Hbond substituents is 1. The molecule has 2 heterocycles. The van der Waals surface area contributed by atoms with Crippen molar-refractivity contribution in [3.63, 3.8) is 0 Å². The number of H-pyrrole nitrogens is 1. The third kappa shape index (κ3) is 3.32. The van der Waals surface area contributed by atoms with Gasteiger partial charge in [0.1, 0.15) is 17.7 Å². The van der Waals surface area contributed by atoms with Crippen LogP contribution in [0.2, 0.25) is 0 Å². The van der Waals surface area contributed by atoms with Gasteiger partial charge in [-0.05, 0) is 44.5 Å². The van der Waals surface area contributed by atoms with Crippen molar-refractivity contribution in [1.82, 2.24) is 14.9 Å². The predicted molar refractivity (Wildman–Crippen MR) is 102 cm³/mol. The summed E-state index contributed by atoms with van der Waals surface area (Å²) in [6.07, 6.45) is 1.72. The predicted octanol–water partition coefficient (Wildman–Crippen LogP) is 3.78. The highest BCUT2D eigenvalue weighted by Gasteiger charge is 2.27. The number of aromatic amines is 1. The first-order valence-electron chi connectivity index (χ1n) is 9.19. The summed E-state index contributed by atoms with van der Waals surface area (Å²) in [5, 5.41) is 10.4. The van der Waals surface area contributed by atoms with Crippen LogP contribution in [0.3, 0.4) is 0 Å². The number of hydrogen-bond acceptors (Lipinski definition) is 4. The summed E-state index contributed by atoms with van der Waals surface area (Å²) in [5.74, 6) is 0.984. The van der Waals surface area contributed by atoms with Crippen molar-refractivity contribution < 1.29 is 9.84 Å². The van der Waals surface area contributed by atoms with Gasteiger partial charge >= 0.3 is 0 Å². The van der Waals surface area contributed by atoms with Crippen LogP contribution >= 0.6 is 0 Å². The number of para-hydroxylation sites is 2. The molecule has 0 radical (unpaired) electrons. The Morgan fingerprint density at radius 1 is 1.15 bits per heavy atom. The maximum atomic E-state index is 10.4. The lowest BCUT2D eigenvalue weighted by molar-refractivity contribution is -0.0271. The van der Waals surface area contributed by atoms with E-state index < -0.39 is 6.10 Å². The highest BCUT2D eigenvalue weighted by atomic mass is 16.5. The minimum absolute atomic E-state index is 0.158. The van der Waals surface area contributed by atoms with Gasteiger partial charge in [0.15, 0.2) is 0 Å². The number of nitrogens with one attached hydrogen (secondary N) is 1. The van der Waals surface area contributed by atoms with Crippen molar-refractivity contribution in [3.05, 3.63) is 59.4 Å². The molecule has 2 aromatic carbocycles. The maximum Gasteiger partial charge on any atom is 0.144 e. The lowest BCUT2D eigenvalue weighted by Gasteiger charge is -2.31. The van der Waals surface area contributed by atoms with Crippen LogP contribution in [0.25, 0.3) is 11.0 Å². The molecule has 0 aliphatic carbocycles. The average Bonchev–Trinajstić information content (AvgIpc) is 3.07. The molecule has 26 heavy (non-hydrogen) atoms. The van der Waals surface area contributed by atoms with Crippen LogP contribution in [0.4, 0.5) is 0 Å². The van der Waals surface area contributed by atoms with Crippen LogP contribution in [0.15, 0.2) is 42.5 Å². The van der Waals surface area contributed by atoms with Gasteiger partial charge in [0.2, 0.25) is 0 Å². The molecule has 5 heteroatoms. The Morgan fingerprint density at radius 3 is 2.65 bits per heavy atom. The van der Waals surface area contributed by atoms with Crippen LogP contribution in [-0.2, 0) is 4.74 Å². The summed E-state index contributed by atoms with van der Waals surface area (Å²) >= 11 is 0. The molecule has 0 spiro atoms. The monoisotopic (exact) mass is 351 g/mol. The van der Waals surface area contributed by atoms with Gasteiger partial charge in [0.05, 0.1) is 17.1 Å². The van der Waals surface area contributed by atoms with Crippen molar-refractivity contribution in [2.24, 2.45) is 0 Å². The summed E-state index contributed by atoms with van der Waals surface area (Å²) in [7, 11) is 2.14. The van der Waals surface area contributed by atoms with E-state index in [0.717, 1.165) is 53.9 Å². The zero-order chi connectivity index (χ0) is 18.1. The Morgan fingerprint density at radius 2 is 1.92 bits per heavy atom. The van der Waals surface area contributed by atoms with Crippen LogP contribution in [0, 0.1) is 6.92 Å². The fourth-order valence-corrected chi connectivity index (χ4v) is 3.63. The van der Waals surface area contributed by atoms with E-state index in [1.807, 2.05) is 30.3 Å². The molecule has 1 aliphatic rings. The first-order valence-corrected chi connectivity index (χ1v) is 9.19. The topological polar surface area (TPSA) is 61.4 Å². The second-order valence-corrected chi connectivity index (χ2v) is 7.17. The second-order valence-electron chi connectivity index (χ2n) is 7.17. The summed E-state index contributed by atoms with van der Waals surface area (Å²) in [6, 6.07) is 13.4. The third-order valence-electron chi connectivity index (χ3n) is 5.21. The standard InChI is InChI=1S/C21H25N3O2/c1-14-6-5-8-17-19(14)23-21(22-17)20(16-7-3-4-9-18(16)25)26-15-10-12-24(2)13-11-15/h3-9,15,20,25H,10-13H2,1-2H3,(H,22,23). The third-order valence-corrected chi connectivity index (χ3v) is 5.21. The number of fused-ring (bicyclic) bond motifs is 1. The average molecular weight is 351 g/mol. The molecule has 0 amide bonds. The lowest BCUT2D eigenvalue weighted by Crippen LogP contribution is -2.35. The molecule has 3 aromatic rings. The van der Waals surface area contributed by atoms with Crippen molar-refractivity contribution in [2.75, 3.05) is 20.1 Å². The molecular formula is C21H25N3O2. The summed E-state index contributed by atoms with van der Waals surface area (Å²) < 4.78 is 6.48. The number of ether oxygens (including phenoxy) is 1. The fraction of sp³-hybridized carbons (Fsp3) is 0.381. The van der Waals surface area contributed by atoms with Crippen molar-refractivity contribution in [2.45, 2.75) is 32.0 Å². The van der Waals surface area contributed by atoms with Gasteiger partial charge in [-0.1, -0.05) is 30.3 Å². The molecule has 136 valence electrons. The van der Waals surface area contributed by atoms with E-state index in [1.165, 1.54) is 0 Å². The Kier molecular flexibility index (Phi) is 4.66. The number of aromatic nitrogens is 2. The van der Waals surface area contributed by atoms with E-state index in [0.29, 0.717) is 0 Å². The number of piperidine rings is 1. The molecule has 1 fully saturated rings. The van der Waals surface area contributed by atoms with Crippen LogP contribution in [0.5, 0.6) is 5.75 Å². The number of aryl methyl sites for hydroxylation is 1. The van der Waals surface area contributed by atoms with Gasteiger partial charge in [-0.15, -0.1) is 0 Å². The van der Waals surface area contributed by atoms with Gasteiger partial charge in [0.25, 0.3) is 0 Å². The molecule has 2 N–H and O–H groups in total. The highest BCUT2D eigenvalue weighted by molar-refractivity contribution is 5.78. The van der Waals surface area contributed by atoms with E-state index in [-0.39, 0.29) is 11.9 Å². The molecule has 0 saturated carbocycles. The minimum Gasteiger partial charge on any atom is -0.508 e. The number of imidazole rings is 1. The molecule has 5 nitrogen and oxygen atoms in total. The van der Waals surface area contributed by atoms with E-state index in [4.69, 9.17) is 9.72 Å². The fourth-order valence-electron chi connectivity index (χ4n) is 3.63. The first kappa shape index (κ1) is 17.1. The molecular weight excluding hydrogens is 326 g/mol.